The molecule has 1 fully saturated rings. The van der Waals surface area contributed by atoms with Gasteiger partial charge in [-0.1, -0.05) is 0 Å². The second kappa shape index (κ2) is 4.34. The standard InChI is InChI=1S/C8H16N2O/c1-9-5-4-8(11)10-6-2-3-7-10/h9H,2-7H2,1H3. The SMILES string of the molecule is CNCCC(=O)N1CCCC1. The fraction of sp³-hybridized carbons (Fsp3) is 0.875. The van der Waals surface area contributed by atoms with Gasteiger partial charge in [0.1, 0.15) is 0 Å². The van der Waals surface area contributed by atoms with Gasteiger partial charge in [-0.15, -0.1) is 0 Å². The minimum Gasteiger partial charge on any atom is -0.343 e. The quantitative estimate of drug-likeness (QED) is 0.634. The minimum atomic E-state index is 0.303. The highest BCUT2D eigenvalue weighted by Gasteiger charge is 2.16. The Labute approximate surface area is 67.8 Å². The normalized spacial score (nSPS) is 17.4. The highest BCUT2D eigenvalue weighted by molar-refractivity contribution is 5.76. The summed E-state index contributed by atoms with van der Waals surface area (Å²) in [4.78, 5) is 13.2. The van der Waals surface area contributed by atoms with Crippen LogP contribution in [0.25, 0.3) is 0 Å². The van der Waals surface area contributed by atoms with E-state index in [0.29, 0.717) is 12.3 Å². The van der Waals surface area contributed by atoms with Gasteiger partial charge in [0.25, 0.3) is 0 Å². The molecule has 1 aliphatic heterocycles. The molecule has 64 valence electrons. The molecule has 0 bridgehead atoms. The van der Waals surface area contributed by atoms with E-state index < -0.39 is 0 Å². The molecule has 0 spiro atoms. The van der Waals surface area contributed by atoms with E-state index in [4.69, 9.17) is 0 Å². The lowest BCUT2D eigenvalue weighted by atomic mass is 10.4. The Balaban J connectivity index is 2.17. The van der Waals surface area contributed by atoms with Gasteiger partial charge in [0, 0.05) is 26.1 Å². The van der Waals surface area contributed by atoms with Crippen LogP contribution in [0.3, 0.4) is 0 Å². The van der Waals surface area contributed by atoms with Crippen molar-refractivity contribution >= 4 is 5.91 Å². The number of likely N-dealkylation sites (tertiary alicyclic amines) is 1. The summed E-state index contributed by atoms with van der Waals surface area (Å²) in [6.07, 6.45) is 3.02. The van der Waals surface area contributed by atoms with Gasteiger partial charge >= 0.3 is 0 Å². The Hall–Kier alpha value is -0.570. The molecule has 1 aliphatic rings. The molecule has 1 heterocycles. The summed E-state index contributed by atoms with van der Waals surface area (Å²) < 4.78 is 0. The van der Waals surface area contributed by atoms with E-state index in [0.717, 1.165) is 19.6 Å². The molecular weight excluding hydrogens is 140 g/mol. The summed E-state index contributed by atoms with van der Waals surface area (Å²) in [5.74, 6) is 0.303. The van der Waals surface area contributed by atoms with E-state index in [1.54, 1.807) is 0 Å². The van der Waals surface area contributed by atoms with Crippen LogP contribution in [0.15, 0.2) is 0 Å². The first kappa shape index (κ1) is 8.53. The number of hydrogen-bond donors (Lipinski definition) is 1. The van der Waals surface area contributed by atoms with Crippen molar-refractivity contribution in [2.24, 2.45) is 0 Å². The number of nitrogens with one attached hydrogen (secondary N) is 1. The van der Waals surface area contributed by atoms with Crippen LogP contribution in [-0.4, -0.2) is 37.5 Å². The molecule has 0 aromatic carbocycles. The van der Waals surface area contributed by atoms with E-state index in [9.17, 15) is 4.79 Å². The molecule has 11 heavy (non-hydrogen) atoms. The zero-order valence-electron chi connectivity index (χ0n) is 7.10. The summed E-state index contributed by atoms with van der Waals surface area (Å²) in [6, 6.07) is 0. The number of amides is 1. The number of nitrogens with zero attached hydrogens (tertiary/aromatic N) is 1. The van der Waals surface area contributed by atoms with Gasteiger partial charge < -0.3 is 10.2 Å². The van der Waals surface area contributed by atoms with Crippen LogP contribution >= 0.6 is 0 Å². The molecule has 0 saturated carbocycles. The molecule has 0 radical (unpaired) electrons. The molecule has 0 aliphatic carbocycles. The van der Waals surface area contributed by atoms with Gasteiger partial charge in [-0.2, -0.15) is 0 Å². The van der Waals surface area contributed by atoms with Crippen molar-refractivity contribution in [3.63, 3.8) is 0 Å². The number of carbonyl (C=O) groups is 1. The summed E-state index contributed by atoms with van der Waals surface area (Å²) in [7, 11) is 1.87. The Kier molecular flexibility index (Phi) is 3.36. The molecule has 1 saturated heterocycles. The van der Waals surface area contributed by atoms with Crippen LogP contribution < -0.4 is 5.32 Å². The van der Waals surface area contributed by atoms with Crippen LogP contribution in [0.2, 0.25) is 0 Å². The average Bonchev–Trinajstić information content (AvgIpc) is 2.52. The summed E-state index contributed by atoms with van der Waals surface area (Å²) >= 11 is 0. The largest absolute Gasteiger partial charge is 0.343 e. The van der Waals surface area contributed by atoms with Crippen molar-refractivity contribution in [1.82, 2.24) is 10.2 Å². The van der Waals surface area contributed by atoms with Gasteiger partial charge in [0.2, 0.25) is 5.91 Å². The van der Waals surface area contributed by atoms with Crippen molar-refractivity contribution < 1.29 is 4.79 Å². The monoisotopic (exact) mass is 156 g/mol. The maximum Gasteiger partial charge on any atom is 0.223 e. The van der Waals surface area contributed by atoms with Crippen molar-refractivity contribution in [3.8, 4) is 0 Å². The van der Waals surface area contributed by atoms with Crippen LogP contribution in [0.5, 0.6) is 0 Å². The van der Waals surface area contributed by atoms with E-state index in [1.165, 1.54) is 12.8 Å². The highest BCUT2D eigenvalue weighted by atomic mass is 16.2. The summed E-state index contributed by atoms with van der Waals surface area (Å²) in [6.45, 7) is 2.75. The Morgan fingerprint density at radius 3 is 2.64 bits per heavy atom. The highest BCUT2D eigenvalue weighted by Crippen LogP contribution is 2.08. The van der Waals surface area contributed by atoms with Crippen molar-refractivity contribution in [2.45, 2.75) is 19.3 Å². The van der Waals surface area contributed by atoms with Gasteiger partial charge in [-0.25, -0.2) is 0 Å². The van der Waals surface area contributed by atoms with Crippen LogP contribution in [0, 0.1) is 0 Å². The van der Waals surface area contributed by atoms with Crippen molar-refractivity contribution in [3.05, 3.63) is 0 Å². The predicted molar refractivity (Wildman–Crippen MR) is 44.4 cm³/mol. The number of hydrogen-bond acceptors (Lipinski definition) is 2. The maximum atomic E-state index is 11.3. The topological polar surface area (TPSA) is 32.3 Å². The molecule has 3 nitrogen and oxygen atoms in total. The average molecular weight is 156 g/mol. The third-order valence-corrected chi connectivity index (χ3v) is 2.05. The van der Waals surface area contributed by atoms with E-state index in [-0.39, 0.29) is 0 Å². The Bertz CT molecular complexity index is 130. The minimum absolute atomic E-state index is 0.303. The summed E-state index contributed by atoms with van der Waals surface area (Å²) in [5.41, 5.74) is 0. The predicted octanol–water partition coefficient (Wildman–Crippen LogP) is 0.218. The lowest BCUT2D eigenvalue weighted by molar-refractivity contribution is -0.129. The first-order valence-electron chi connectivity index (χ1n) is 4.27. The fourth-order valence-electron chi connectivity index (χ4n) is 1.36. The summed E-state index contributed by atoms with van der Waals surface area (Å²) in [5, 5.41) is 2.97. The molecule has 0 unspecified atom stereocenters. The molecule has 0 atom stereocenters. The molecule has 1 amide bonds. The van der Waals surface area contributed by atoms with E-state index in [2.05, 4.69) is 5.32 Å². The number of carbonyl (C=O) groups excluding carboxylic acids is 1. The Morgan fingerprint density at radius 1 is 1.45 bits per heavy atom. The van der Waals surface area contributed by atoms with Gasteiger partial charge in [0.15, 0.2) is 0 Å². The van der Waals surface area contributed by atoms with Gasteiger partial charge in [-0.05, 0) is 19.9 Å². The third kappa shape index (κ3) is 2.50. The molecule has 0 aromatic rings. The second-order valence-electron chi connectivity index (χ2n) is 2.94. The van der Waals surface area contributed by atoms with Crippen LogP contribution in [0.1, 0.15) is 19.3 Å². The molecule has 1 N–H and O–H groups in total. The van der Waals surface area contributed by atoms with Crippen molar-refractivity contribution in [1.29, 1.82) is 0 Å². The molecular formula is C8H16N2O. The van der Waals surface area contributed by atoms with Crippen LogP contribution in [-0.2, 0) is 4.79 Å². The fourth-order valence-corrected chi connectivity index (χ4v) is 1.36. The first-order valence-corrected chi connectivity index (χ1v) is 4.27. The third-order valence-electron chi connectivity index (χ3n) is 2.05. The van der Waals surface area contributed by atoms with Crippen molar-refractivity contribution in [2.75, 3.05) is 26.7 Å². The molecule has 0 aromatic heterocycles. The smallest absolute Gasteiger partial charge is 0.223 e. The molecule has 3 heteroatoms. The van der Waals surface area contributed by atoms with Gasteiger partial charge in [0.05, 0.1) is 0 Å². The van der Waals surface area contributed by atoms with Gasteiger partial charge in [-0.3, -0.25) is 4.79 Å². The Morgan fingerprint density at radius 2 is 2.09 bits per heavy atom. The maximum absolute atomic E-state index is 11.3. The van der Waals surface area contributed by atoms with E-state index >= 15 is 0 Å². The molecule has 1 rings (SSSR count). The lowest BCUT2D eigenvalue weighted by Crippen LogP contribution is -2.29. The zero-order chi connectivity index (χ0) is 8.10. The zero-order valence-corrected chi connectivity index (χ0v) is 7.10. The lowest BCUT2D eigenvalue weighted by Gasteiger charge is -2.14. The first-order chi connectivity index (χ1) is 5.34. The van der Waals surface area contributed by atoms with E-state index in [1.807, 2.05) is 11.9 Å². The van der Waals surface area contributed by atoms with Crippen LogP contribution in [0.4, 0.5) is 0 Å². The second-order valence-corrected chi connectivity index (χ2v) is 2.94. The number of rotatable bonds is 3.